The molecule has 1 amide bonds. The van der Waals surface area contributed by atoms with Crippen molar-refractivity contribution in [2.75, 3.05) is 13.1 Å². The van der Waals surface area contributed by atoms with Crippen LogP contribution in [-0.4, -0.2) is 34.8 Å². The molecule has 1 saturated heterocycles. The number of carbonyl (C=O) groups is 1. The Labute approximate surface area is 156 Å². The minimum atomic E-state index is 0.0237. The molecule has 5 fully saturated rings. The second-order valence-electron chi connectivity index (χ2n) is 9.83. The lowest BCUT2D eigenvalue weighted by molar-refractivity contribution is -0.129. The fourth-order valence-electron chi connectivity index (χ4n) is 7.12. The molecule has 6 rings (SSSR count). The van der Waals surface area contributed by atoms with E-state index in [1.807, 2.05) is 17.9 Å². The number of carbonyl (C=O) groups excluding carboxylic acids is 1. The maximum absolute atomic E-state index is 13.2. The van der Waals surface area contributed by atoms with Crippen molar-refractivity contribution in [3.8, 4) is 0 Å². The van der Waals surface area contributed by atoms with Gasteiger partial charge in [-0.2, -0.15) is 5.10 Å². The van der Waals surface area contributed by atoms with Gasteiger partial charge >= 0.3 is 0 Å². The summed E-state index contributed by atoms with van der Waals surface area (Å²) in [7, 11) is 1.94. The summed E-state index contributed by atoms with van der Waals surface area (Å²) < 4.78 is 1.83. The maximum Gasteiger partial charge on any atom is 0.225 e. The van der Waals surface area contributed by atoms with Crippen LogP contribution in [0.25, 0.3) is 0 Å². The fraction of sp³-hybridized carbons (Fsp3) is 0.810. The summed E-state index contributed by atoms with van der Waals surface area (Å²) in [5.74, 6) is 3.29. The first-order valence-electron chi connectivity index (χ1n) is 10.5. The highest BCUT2D eigenvalue weighted by Crippen LogP contribution is 2.61. The Morgan fingerprint density at radius 2 is 1.88 bits per heavy atom. The van der Waals surface area contributed by atoms with Crippen molar-refractivity contribution >= 4 is 5.91 Å². The average molecular weight is 357 g/mol. The second-order valence-corrected chi connectivity index (χ2v) is 9.83. The summed E-state index contributed by atoms with van der Waals surface area (Å²) in [5, 5.41) is 11.2. The third-order valence-electron chi connectivity index (χ3n) is 8.07. The smallest absolute Gasteiger partial charge is 0.225 e. The number of rotatable bonds is 4. The van der Waals surface area contributed by atoms with Gasteiger partial charge in [0.05, 0.1) is 12.1 Å². The predicted molar refractivity (Wildman–Crippen MR) is 101 cm³/mol. The molecule has 1 unspecified atom stereocenters. The van der Waals surface area contributed by atoms with Crippen LogP contribution in [0.2, 0.25) is 0 Å². The van der Waals surface area contributed by atoms with Crippen LogP contribution in [0.3, 0.4) is 0 Å². The molecule has 1 aromatic heterocycles. The number of nitrogens with one attached hydrogen (secondary N) is 2. The average Bonchev–Trinajstić information content (AvgIpc) is 3.22. The van der Waals surface area contributed by atoms with Crippen LogP contribution in [-0.2, 0) is 11.8 Å². The molecule has 5 nitrogen and oxygen atoms in total. The molecular weight excluding hydrogens is 324 g/mol. The summed E-state index contributed by atoms with van der Waals surface area (Å²) in [6, 6.07) is 0.304. The van der Waals surface area contributed by atoms with Crippen molar-refractivity contribution in [2.45, 2.75) is 57.4 Å². The van der Waals surface area contributed by atoms with Gasteiger partial charge in [-0.05, 0) is 74.2 Å². The largest absolute Gasteiger partial charge is 0.353 e. The summed E-state index contributed by atoms with van der Waals surface area (Å²) in [4.78, 5) is 13.2. The second kappa shape index (κ2) is 6.08. The number of nitrogens with zero attached hydrogens (tertiary/aromatic N) is 2. The molecule has 3 atom stereocenters. The lowest BCUT2D eigenvalue weighted by Gasteiger charge is -2.59. The highest BCUT2D eigenvalue weighted by atomic mass is 16.2. The lowest BCUT2D eigenvalue weighted by Crippen LogP contribution is -2.56. The van der Waals surface area contributed by atoms with Gasteiger partial charge in [0, 0.05) is 38.3 Å². The van der Waals surface area contributed by atoms with Crippen molar-refractivity contribution in [3.63, 3.8) is 0 Å². The van der Waals surface area contributed by atoms with E-state index in [9.17, 15) is 4.79 Å². The quantitative estimate of drug-likeness (QED) is 0.871. The number of hydrogen-bond donors (Lipinski definition) is 2. The first-order valence-corrected chi connectivity index (χ1v) is 10.5. The Balaban J connectivity index is 1.29. The molecule has 4 aliphatic carbocycles. The van der Waals surface area contributed by atoms with Crippen LogP contribution in [0.1, 0.15) is 56.9 Å². The van der Waals surface area contributed by atoms with E-state index >= 15 is 0 Å². The van der Waals surface area contributed by atoms with Crippen molar-refractivity contribution in [3.05, 3.63) is 18.0 Å². The molecule has 0 radical (unpaired) electrons. The number of aryl methyl sites for hydroxylation is 1. The van der Waals surface area contributed by atoms with Gasteiger partial charge in [-0.25, -0.2) is 0 Å². The number of amides is 1. The van der Waals surface area contributed by atoms with Crippen LogP contribution < -0.4 is 10.6 Å². The Kier molecular flexibility index (Phi) is 3.93. The molecule has 5 heteroatoms. The zero-order valence-corrected chi connectivity index (χ0v) is 16.1. The van der Waals surface area contributed by atoms with E-state index < -0.39 is 0 Å². The van der Waals surface area contributed by atoms with E-state index in [-0.39, 0.29) is 17.7 Å². The third-order valence-corrected chi connectivity index (χ3v) is 8.07. The fourth-order valence-corrected chi connectivity index (χ4v) is 7.12. The Bertz CT molecular complexity index is 661. The molecule has 1 aliphatic heterocycles. The highest BCUT2D eigenvalue weighted by Gasteiger charge is 2.53. The summed E-state index contributed by atoms with van der Waals surface area (Å²) in [6.07, 6.45) is 12.4. The van der Waals surface area contributed by atoms with Crippen LogP contribution >= 0.6 is 0 Å². The molecule has 142 valence electrons. The van der Waals surface area contributed by atoms with Gasteiger partial charge in [0.2, 0.25) is 5.91 Å². The van der Waals surface area contributed by atoms with Gasteiger partial charge in [0.1, 0.15) is 0 Å². The van der Waals surface area contributed by atoms with E-state index in [2.05, 4.69) is 28.9 Å². The molecule has 0 spiro atoms. The van der Waals surface area contributed by atoms with E-state index in [1.54, 1.807) is 0 Å². The maximum atomic E-state index is 13.2. The molecule has 26 heavy (non-hydrogen) atoms. The Morgan fingerprint density at radius 3 is 2.46 bits per heavy atom. The molecular formula is C21H32N4O. The minimum Gasteiger partial charge on any atom is -0.353 e. The van der Waals surface area contributed by atoms with Gasteiger partial charge < -0.3 is 10.6 Å². The molecule has 2 heterocycles. The molecule has 2 N–H and O–H groups in total. The minimum absolute atomic E-state index is 0.0237. The van der Waals surface area contributed by atoms with Gasteiger partial charge in [-0.3, -0.25) is 9.48 Å². The standard InChI is InChI=1S/C21H32N4O/c1-13(21-6-14-3-15(7-21)5-16(4-14)8-21)24-20(26)19-11-22-10-18(19)17-9-23-25(2)12-17/h9,12-16,18-19,22H,3-8,10-11H2,1-2H3,(H,24,26)/t13?,14?,15?,16?,18-,19+,21?/m1/s1. The first kappa shape index (κ1) is 16.8. The highest BCUT2D eigenvalue weighted by molar-refractivity contribution is 5.80. The van der Waals surface area contributed by atoms with E-state index in [0.717, 1.165) is 30.8 Å². The lowest BCUT2D eigenvalue weighted by atomic mass is 9.48. The van der Waals surface area contributed by atoms with Gasteiger partial charge in [0.15, 0.2) is 0 Å². The SMILES string of the molecule is CC(NC(=O)[C@H]1CNC[C@@H]1c1cnn(C)c1)C12CC3CC(CC(C3)C1)C2. The number of aromatic nitrogens is 2. The van der Waals surface area contributed by atoms with Crippen LogP contribution in [0, 0.1) is 29.1 Å². The van der Waals surface area contributed by atoms with Crippen molar-refractivity contribution in [1.82, 2.24) is 20.4 Å². The van der Waals surface area contributed by atoms with Crippen molar-refractivity contribution < 1.29 is 4.79 Å². The van der Waals surface area contributed by atoms with Crippen molar-refractivity contribution in [1.29, 1.82) is 0 Å². The molecule has 4 saturated carbocycles. The summed E-state index contributed by atoms with van der Waals surface area (Å²) in [6.45, 7) is 3.93. The topological polar surface area (TPSA) is 59.0 Å². The van der Waals surface area contributed by atoms with Crippen molar-refractivity contribution in [2.24, 2.45) is 36.1 Å². The normalized spacial score (nSPS) is 42.2. The first-order chi connectivity index (χ1) is 12.5. The monoisotopic (exact) mass is 356 g/mol. The van der Waals surface area contributed by atoms with Crippen LogP contribution in [0.15, 0.2) is 12.4 Å². The third kappa shape index (κ3) is 2.70. The Morgan fingerprint density at radius 1 is 1.23 bits per heavy atom. The zero-order valence-electron chi connectivity index (χ0n) is 16.1. The van der Waals surface area contributed by atoms with Crippen LogP contribution in [0.5, 0.6) is 0 Å². The number of hydrogen-bond acceptors (Lipinski definition) is 3. The van der Waals surface area contributed by atoms with Gasteiger partial charge in [0.25, 0.3) is 0 Å². The van der Waals surface area contributed by atoms with E-state index in [0.29, 0.717) is 11.5 Å². The predicted octanol–water partition coefficient (Wildman–Crippen LogP) is 2.44. The van der Waals surface area contributed by atoms with Crippen LogP contribution in [0.4, 0.5) is 0 Å². The molecule has 1 aromatic rings. The van der Waals surface area contributed by atoms with E-state index in [4.69, 9.17) is 0 Å². The zero-order chi connectivity index (χ0) is 17.9. The van der Waals surface area contributed by atoms with Gasteiger partial charge in [-0.15, -0.1) is 0 Å². The molecule has 0 aromatic carbocycles. The molecule has 5 aliphatic rings. The van der Waals surface area contributed by atoms with E-state index in [1.165, 1.54) is 44.1 Å². The van der Waals surface area contributed by atoms with Gasteiger partial charge in [-0.1, -0.05) is 0 Å². The summed E-state index contributed by atoms with van der Waals surface area (Å²) in [5.41, 5.74) is 1.56. The Hall–Kier alpha value is -1.36. The molecule has 4 bridgehead atoms. The summed E-state index contributed by atoms with van der Waals surface area (Å²) >= 11 is 0.